The summed E-state index contributed by atoms with van der Waals surface area (Å²) < 4.78 is 14.9. The van der Waals surface area contributed by atoms with E-state index in [9.17, 15) is 9.90 Å². The van der Waals surface area contributed by atoms with Crippen molar-refractivity contribution in [1.82, 2.24) is 19.3 Å². The summed E-state index contributed by atoms with van der Waals surface area (Å²) in [5.74, 6) is 0.294. The highest BCUT2D eigenvalue weighted by molar-refractivity contribution is 6.76. The van der Waals surface area contributed by atoms with Gasteiger partial charge in [0.15, 0.2) is 0 Å². The van der Waals surface area contributed by atoms with Crippen LogP contribution in [0.4, 0.5) is 0 Å². The molecule has 0 aromatic carbocycles. The standard InChI is InChI=1S/C20H29BN4O4Si/c1-12-14(17-22-23-19(29-17)20(2,3)27)15-13(21)10-24(4)18(26)16(15)25(12)11-28-8-9-30(5,6)7/h10,27H,8-9,11H2,1-7H3. The van der Waals surface area contributed by atoms with Gasteiger partial charge in [0, 0.05) is 39.0 Å². The molecule has 8 nitrogen and oxygen atoms in total. The van der Waals surface area contributed by atoms with Gasteiger partial charge in [-0.1, -0.05) is 25.1 Å². The first-order chi connectivity index (χ1) is 13.8. The van der Waals surface area contributed by atoms with Crippen molar-refractivity contribution in [2.45, 2.75) is 58.8 Å². The highest BCUT2D eigenvalue weighted by atomic mass is 28.3. The average Bonchev–Trinajstić information content (AvgIpc) is 3.19. The zero-order chi connectivity index (χ0) is 22.4. The van der Waals surface area contributed by atoms with Crippen LogP contribution in [0.3, 0.4) is 0 Å². The van der Waals surface area contributed by atoms with Gasteiger partial charge in [-0.15, -0.1) is 10.2 Å². The molecule has 0 atom stereocenters. The Morgan fingerprint density at radius 2 is 1.97 bits per heavy atom. The summed E-state index contributed by atoms with van der Waals surface area (Å²) in [5, 5.41) is 18.8. The summed E-state index contributed by atoms with van der Waals surface area (Å²) in [7, 11) is 6.73. The quantitative estimate of drug-likeness (QED) is 0.457. The zero-order valence-electron chi connectivity index (χ0n) is 18.7. The summed E-state index contributed by atoms with van der Waals surface area (Å²) in [6.07, 6.45) is 1.58. The molecule has 0 saturated carbocycles. The third kappa shape index (κ3) is 4.30. The van der Waals surface area contributed by atoms with E-state index in [4.69, 9.17) is 17.0 Å². The summed E-state index contributed by atoms with van der Waals surface area (Å²) in [4.78, 5) is 13.0. The molecule has 160 valence electrons. The van der Waals surface area contributed by atoms with Crippen molar-refractivity contribution in [2.24, 2.45) is 7.05 Å². The molecular weight excluding hydrogens is 399 g/mol. The monoisotopic (exact) mass is 428 g/mol. The first-order valence-corrected chi connectivity index (χ1v) is 13.6. The van der Waals surface area contributed by atoms with Crippen LogP contribution in [0, 0.1) is 6.92 Å². The molecule has 0 unspecified atom stereocenters. The topological polar surface area (TPSA) is 95.3 Å². The smallest absolute Gasteiger partial charge is 0.274 e. The maximum absolute atomic E-state index is 13.0. The molecule has 30 heavy (non-hydrogen) atoms. The maximum atomic E-state index is 13.0. The molecule has 0 aliphatic heterocycles. The van der Waals surface area contributed by atoms with Gasteiger partial charge in [0.2, 0.25) is 11.8 Å². The fraction of sp³-hybridized carbons (Fsp3) is 0.550. The molecule has 10 heteroatoms. The zero-order valence-corrected chi connectivity index (χ0v) is 19.7. The van der Waals surface area contributed by atoms with Crippen molar-refractivity contribution in [1.29, 1.82) is 0 Å². The Hall–Kier alpha value is -2.17. The molecule has 0 spiro atoms. The molecule has 3 heterocycles. The molecule has 3 aromatic heterocycles. The highest BCUT2D eigenvalue weighted by Crippen LogP contribution is 2.33. The van der Waals surface area contributed by atoms with E-state index >= 15 is 0 Å². The number of aliphatic hydroxyl groups is 1. The van der Waals surface area contributed by atoms with Gasteiger partial charge in [0.25, 0.3) is 5.56 Å². The van der Waals surface area contributed by atoms with E-state index in [-0.39, 0.29) is 24.1 Å². The first-order valence-electron chi connectivity index (χ1n) is 9.93. The van der Waals surface area contributed by atoms with Crippen LogP contribution in [0.5, 0.6) is 0 Å². The third-order valence-corrected chi connectivity index (χ3v) is 6.75. The number of hydrogen-bond donors (Lipinski definition) is 1. The fourth-order valence-corrected chi connectivity index (χ4v) is 4.02. The van der Waals surface area contributed by atoms with Crippen LogP contribution < -0.4 is 11.0 Å². The molecule has 3 aromatic rings. The number of aromatic nitrogens is 4. The van der Waals surface area contributed by atoms with Crippen molar-refractivity contribution in [3.63, 3.8) is 0 Å². The summed E-state index contributed by atoms with van der Waals surface area (Å²) in [5.41, 5.74) is 0.703. The van der Waals surface area contributed by atoms with Gasteiger partial charge in [-0.25, -0.2) is 0 Å². The van der Waals surface area contributed by atoms with Crippen LogP contribution in [0.25, 0.3) is 22.4 Å². The molecule has 0 aliphatic rings. The van der Waals surface area contributed by atoms with Gasteiger partial charge < -0.3 is 23.4 Å². The lowest BCUT2D eigenvalue weighted by molar-refractivity contribution is 0.0487. The number of pyridine rings is 1. The molecule has 0 bridgehead atoms. The molecule has 0 amide bonds. The second-order valence-corrected chi connectivity index (χ2v) is 15.1. The van der Waals surface area contributed by atoms with E-state index in [0.717, 1.165) is 11.7 Å². The van der Waals surface area contributed by atoms with Crippen LogP contribution in [0.1, 0.15) is 25.4 Å². The number of hydrogen-bond acceptors (Lipinski definition) is 6. The Morgan fingerprint density at radius 1 is 1.30 bits per heavy atom. The molecule has 1 N–H and O–H groups in total. The summed E-state index contributed by atoms with van der Waals surface area (Å²) in [6, 6.07) is 1.02. The van der Waals surface area contributed by atoms with Crippen molar-refractivity contribution >= 4 is 32.3 Å². The summed E-state index contributed by atoms with van der Waals surface area (Å²) >= 11 is 0. The van der Waals surface area contributed by atoms with Crippen LogP contribution in [0.2, 0.25) is 25.7 Å². The lowest BCUT2D eigenvalue weighted by Gasteiger charge is -2.16. The number of rotatable bonds is 7. The molecule has 2 radical (unpaired) electrons. The lowest BCUT2D eigenvalue weighted by atomic mass is 9.92. The van der Waals surface area contributed by atoms with Gasteiger partial charge in [0.1, 0.15) is 25.7 Å². The van der Waals surface area contributed by atoms with Crippen LogP contribution in [0.15, 0.2) is 15.4 Å². The number of fused-ring (bicyclic) bond motifs is 1. The molecule has 3 rings (SSSR count). The average molecular weight is 428 g/mol. The Bertz CT molecular complexity index is 1140. The highest BCUT2D eigenvalue weighted by Gasteiger charge is 2.28. The van der Waals surface area contributed by atoms with Gasteiger partial charge >= 0.3 is 0 Å². The lowest BCUT2D eigenvalue weighted by Crippen LogP contribution is -2.25. The minimum absolute atomic E-state index is 0.0894. The molecule has 0 saturated heterocycles. The molecule has 0 fully saturated rings. The van der Waals surface area contributed by atoms with E-state index in [1.54, 1.807) is 27.1 Å². The Morgan fingerprint density at radius 3 is 2.53 bits per heavy atom. The van der Waals surface area contributed by atoms with Crippen LogP contribution in [-0.2, 0) is 24.1 Å². The second kappa shape index (κ2) is 7.83. The fourth-order valence-electron chi connectivity index (χ4n) is 3.27. The number of nitrogens with zero attached hydrogens (tertiary/aromatic N) is 4. The second-order valence-electron chi connectivity index (χ2n) is 9.43. The van der Waals surface area contributed by atoms with E-state index in [1.807, 2.05) is 11.5 Å². The predicted octanol–water partition coefficient (Wildman–Crippen LogP) is 2.03. The van der Waals surface area contributed by atoms with Crippen molar-refractivity contribution in [3.8, 4) is 11.5 Å². The van der Waals surface area contributed by atoms with Gasteiger partial charge in [-0.3, -0.25) is 4.79 Å². The Balaban J connectivity index is 2.14. The Kier molecular flexibility index (Phi) is 5.87. The van der Waals surface area contributed by atoms with Gasteiger partial charge in [0.05, 0.1) is 5.56 Å². The van der Waals surface area contributed by atoms with Gasteiger partial charge in [-0.05, 0) is 26.8 Å². The summed E-state index contributed by atoms with van der Waals surface area (Å²) in [6.45, 7) is 12.7. The first kappa shape index (κ1) is 22.5. The number of ether oxygens (including phenoxy) is 1. The maximum Gasteiger partial charge on any atom is 0.274 e. The molecule has 0 aliphatic carbocycles. The van der Waals surface area contributed by atoms with Gasteiger partial charge in [-0.2, -0.15) is 0 Å². The number of aryl methyl sites for hydroxylation is 1. The van der Waals surface area contributed by atoms with E-state index < -0.39 is 13.7 Å². The Labute approximate surface area is 178 Å². The normalized spacial score (nSPS) is 12.8. The van der Waals surface area contributed by atoms with E-state index in [0.29, 0.717) is 28.5 Å². The molecular formula is C20H29BN4O4Si. The van der Waals surface area contributed by atoms with Crippen LogP contribution in [-0.4, -0.2) is 47.0 Å². The van der Waals surface area contributed by atoms with Crippen molar-refractivity contribution in [2.75, 3.05) is 6.61 Å². The predicted molar refractivity (Wildman–Crippen MR) is 120 cm³/mol. The third-order valence-electron chi connectivity index (χ3n) is 5.05. The van der Waals surface area contributed by atoms with Crippen molar-refractivity contribution < 1.29 is 14.3 Å². The van der Waals surface area contributed by atoms with Crippen LogP contribution >= 0.6 is 0 Å². The minimum atomic E-state index is -1.28. The van der Waals surface area contributed by atoms with Crippen molar-refractivity contribution in [3.05, 3.63) is 28.1 Å². The minimum Gasteiger partial charge on any atom is -0.417 e. The van der Waals surface area contributed by atoms with E-state index in [1.165, 1.54) is 4.57 Å². The SMILES string of the molecule is [B]c1cn(C)c(=O)c2c1c(-c1nnc(C(C)(C)O)o1)c(C)n2COCC[Si](C)(C)C. The van der Waals surface area contributed by atoms with E-state index in [2.05, 4.69) is 29.8 Å². The largest absolute Gasteiger partial charge is 0.417 e.